The quantitative estimate of drug-likeness (QED) is 0.743. The maximum atomic E-state index is 6.32. The van der Waals surface area contributed by atoms with Crippen molar-refractivity contribution in [3.63, 3.8) is 0 Å². The Morgan fingerprint density at radius 3 is 1.65 bits per heavy atom. The van der Waals surface area contributed by atoms with E-state index in [1.165, 1.54) is 57.8 Å². The fraction of sp³-hybridized carbons (Fsp3) is 1.00. The summed E-state index contributed by atoms with van der Waals surface area (Å²) in [6.07, 6.45) is 12.3. The van der Waals surface area contributed by atoms with E-state index in [4.69, 9.17) is 11.5 Å². The summed E-state index contributed by atoms with van der Waals surface area (Å²) in [5, 5.41) is 0. The van der Waals surface area contributed by atoms with E-state index in [1.807, 2.05) is 0 Å². The van der Waals surface area contributed by atoms with Crippen molar-refractivity contribution in [3.8, 4) is 0 Å². The zero-order chi connectivity index (χ0) is 12.3. The Kier molecular flexibility index (Phi) is 4.48. The van der Waals surface area contributed by atoms with Gasteiger partial charge >= 0.3 is 0 Å². The summed E-state index contributed by atoms with van der Waals surface area (Å²) in [4.78, 5) is 0. The fourth-order valence-corrected chi connectivity index (χ4v) is 4.57. The van der Waals surface area contributed by atoms with Crippen molar-refractivity contribution >= 4 is 0 Å². The van der Waals surface area contributed by atoms with Gasteiger partial charge in [-0.3, -0.25) is 0 Å². The molecule has 0 aromatic carbocycles. The zero-order valence-electron chi connectivity index (χ0n) is 11.5. The van der Waals surface area contributed by atoms with E-state index < -0.39 is 0 Å². The van der Waals surface area contributed by atoms with Gasteiger partial charge in [0.05, 0.1) is 0 Å². The van der Waals surface area contributed by atoms with Gasteiger partial charge in [0.1, 0.15) is 0 Å². The van der Waals surface area contributed by atoms with Gasteiger partial charge in [0.25, 0.3) is 0 Å². The summed E-state index contributed by atoms with van der Waals surface area (Å²) in [6.45, 7) is 3.03. The SMILES string of the molecule is CCCCCN.NC12CC3CC(CC(C3)C1)C2. The van der Waals surface area contributed by atoms with Gasteiger partial charge < -0.3 is 11.5 Å². The summed E-state index contributed by atoms with van der Waals surface area (Å²) in [7, 11) is 0. The van der Waals surface area contributed by atoms with Crippen LogP contribution in [0.2, 0.25) is 0 Å². The summed E-state index contributed by atoms with van der Waals surface area (Å²) in [5.74, 6) is 3.06. The minimum atomic E-state index is 0.300. The van der Waals surface area contributed by atoms with E-state index in [-0.39, 0.29) is 0 Å². The second-order valence-electron chi connectivity index (χ2n) is 6.78. The predicted molar refractivity (Wildman–Crippen MR) is 73.7 cm³/mol. The third-order valence-electron chi connectivity index (χ3n) is 4.89. The molecule has 17 heavy (non-hydrogen) atoms. The van der Waals surface area contributed by atoms with Crippen LogP contribution in [0.1, 0.15) is 64.7 Å². The van der Waals surface area contributed by atoms with Gasteiger partial charge in [0.15, 0.2) is 0 Å². The highest BCUT2D eigenvalue weighted by Crippen LogP contribution is 2.54. The van der Waals surface area contributed by atoms with Gasteiger partial charge in [-0.15, -0.1) is 0 Å². The van der Waals surface area contributed by atoms with Crippen molar-refractivity contribution < 1.29 is 0 Å². The monoisotopic (exact) mass is 238 g/mol. The lowest BCUT2D eigenvalue weighted by Gasteiger charge is -2.55. The highest BCUT2D eigenvalue weighted by Gasteiger charge is 2.48. The molecule has 0 amide bonds. The molecule has 100 valence electrons. The second-order valence-corrected chi connectivity index (χ2v) is 6.78. The van der Waals surface area contributed by atoms with Crippen LogP contribution in [-0.2, 0) is 0 Å². The van der Waals surface area contributed by atoms with Gasteiger partial charge in [0, 0.05) is 5.54 Å². The summed E-state index contributed by atoms with van der Waals surface area (Å²) >= 11 is 0. The van der Waals surface area contributed by atoms with Crippen molar-refractivity contribution in [1.82, 2.24) is 0 Å². The molecule has 0 aromatic rings. The minimum absolute atomic E-state index is 0.300. The lowest BCUT2D eigenvalue weighted by Crippen LogP contribution is -2.55. The molecule has 2 nitrogen and oxygen atoms in total. The van der Waals surface area contributed by atoms with Crippen molar-refractivity contribution in [1.29, 1.82) is 0 Å². The van der Waals surface area contributed by atoms with Crippen molar-refractivity contribution in [2.24, 2.45) is 29.2 Å². The number of hydrogen-bond donors (Lipinski definition) is 2. The molecule has 4 aliphatic carbocycles. The van der Waals surface area contributed by atoms with Crippen LogP contribution in [0.15, 0.2) is 0 Å². The van der Waals surface area contributed by atoms with Crippen LogP contribution in [0, 0.1) is 17.8 Å². The lowest BCUT2D eigenvalue weighted by atomic mass is 9.53. The van der Waals surface area contributed by atoms with E-state index in [9.17, 15) is 0 Å². The maximum absolute atomic E-state index is 6.32. The Balaban J connectivity index is 0.000000157. The Bertz CT molecular complexity index is 198. The molecule has 4 rings (SSSR count). The molecule has 4 aliphatic rings. The molecule has 0 aromatic heterocycles. The third kappa shape index (κ3) is 3.45. The molecule has 4 saturated carbocycles. The van der Waals surface area contributed by atoms with Crippen LogP contribution in [0.4, 0.5) is 0 Å². The van der Waals surface area contributed by atoms with Gasteiger partial charge in [-0.1, -0.05) is 19.8 Å². The molecule has 0 atom stereocenters. The largest absolute Gasteiger partial charge is 0.330 e. The van der Waals surface area contributed by atoms with E-state index >= 15 is 0 Å². The summed E-state index contributed by atoms with van der Waals surface area (Å²) < 4.78 is 0. The molecule has 0 aliphatic heterocycles. The molecule has 0 unspecified atom stereocenters. The van der Waals surface area contributed by atoms with Crippen LogP contribution in [0.25, 0.3) is 0 Å². The van der Waals surface area contributed by atoms with Crippen LogP contribution in [-0.4, -0.2) is 12.1 Å². The first-order valence-electron chi connectivity index (χ1n) is 7.64. The molecular formula is C15H30N2. The Hall–Kier alpha value is -0.0800. The molecule has 0 heterocycles. The number of rotatable bonds is 3. The van der Waals surface area contributed by atoms with E-state index in [0.717, 1.165) is 24.3 Å². The number of hydrogen-bond acceptors (Lipinski definition) is 2. The Morgan fingerprint density at radius 2 is 1.41 bits per heavy atom. The van der Waals surface area contributed by atoms with Crippen molar-refractivity contribution in [3.05, 3.63) is 0 Å². The number of nitrogens with two attached hydrogens (primary N) is 2. The van der Waals surface area contributed by atoms with E-state index in [1.54, 1.807) is 0 Å². The summed E-state index contributed by atoms with van der Waals surface area (Å²) in [5.41, 5.74) is 11.8. The highest BCUT2D eigenvalue weighted by molar-refractivity contribution is 5.04. The smallest absolute Gasteiger partial charge is 0.0162 e. The average Bonchev–Trinajstić information content (AvgIpc) is 2.23. The normalized spacial score (nSPS) is 42.2. The highest BCUT2D eigenvalue weighted by atomic mass is 14.8. The number of unbranched alkanes of at least 4 members (excludes halogenated alkanes) is 2. The maximum Gasteiger partial charge on any atom is 0.0162 e. The zero-order valence-corrected chi connectivity index (χ0v) is 11.5. The molecule has 0 spiro atoms. The predicted octanol–water partition coefficient (Wildman–Crippen LogP) is 3.05. The fourth-order valence-electron chi connectivity index (χ4n) is 4.57. The molecule has 2 heteroatoms. The first-order valence-corrected chi connectivity index (χ1v) is 7.64. The van der Waals surface area contributed by atoms with E-state index in [0.29, 0.717) is 5.54 Å². The summed E-state index contributed by atoms with van der Waals surface area (Å²) in [6, 6.07) is 0. The average molecular weight is 238 g/mol. The first-order chi connectivity index (χ1) is 8.15. The van der Waals surface area contributed by atoms with Gasteiger partial charge in [0.2, 0.25) is 0 Å². The van der Waals surface area contributed by atoms with Crippen molar-refractivity contribution in [2.75, 3.05) is 6.54 Å². The standard InChI is InChI=1S/C10H17N.C5H13N/c11-10-4-7-1-8(5-10)3-9(2-7)6-10;1-2-3-4-5-6/h7-9H,1-6,11H2;2-6H2,1H3. The Labute approximate surface area is 107 Å². The van der Waals surface area contributed by atoms with Gasteiger partial charge in [-0.25, -0.2) is 0 Å². The first kappa shape index (κ1) is 13.4. The molecule has 0 radical (unpaired) electrons. The van der Waals surface area contributed by atoms with Crippen LogP contribution >= 0.6 is 0 Å². The molecule has 0 saturated heterocycles. The second kappa shape index (κ2) is 5.71. The van der Waals surface area contributed by atoms with Crippen LogP contribution in [0.5, 0.6) is 0 Å². The lowest BCUT2D eigenvalue weighted by molar-refractivity contribution is 0.000365. The van der Waals surface area contributed by atoms with Crippen LogP contribution in [0.3, 0.4) is 0 Å². The van der Waals surface area contributed by atoms with Gasteiger partial charge in [-0.2, -0.15) is 0 Å². The van der Waals surface area contributed by atoms with Crippen molar-refractivity contribution in [2.45, 2.75) is 70.3 Å². The molecule has 4 bridgehead atoms. The third-order valence-corrected chi connectivity index (χ3v) is 4.89. The van der Waals surface area contributed by atoms with E-state index in [2.05, 4.69) is 6.92 Å². The van der Waals surface area contributed by atoms with Gasteiger partial charge in [-0.05, 0) is 69.2 Å². The molecule has 4 fully saturated rings. The minimum Gasteiger partial charge on any atom is -0.330 e. The topological polar surface area (TPSA) is 52.0 Å². The van der Waals surface area contributed by atoms with Crippen LogP contribution < -0.4 is 11.5 Å². The molecular weight excluding hydrogens is 208 g/mol. The molecule has 4 N–H and O–H groups in total. The Morgan fingerprint density at radius 1 is 0.941 bits per heavy atom.